The molecule has 2 aromatic rings. The number of nitrogens with zero attached hydrogens (tertiary/aromatic N) is 1. The van der Waals surface area contributed by atoms with Gasteiger partial charge in [0, 0.05) is 23.7 Å². The molecule has 0 saturated heterocycles. The molecule has 10 heteroatoms. The minimum Gasteiger partial charge on any atom is -0.340 e. The highest BCUT2D eigenvalue weighted by Gasteiger charge is 2.27. The predicted octanol–water partition coefficient (Wildman–Crippen LogP) is 3.90. The smallest absolute Gasteiger partial charge is 0.251 e. The van der Waals surface area contributed by atoms with Gasteiger partial charge in [-0.25, -0.2) is 12.8 Å². The molecule has 7 nitrogen and oxygen atoms in total. The van der Waals surface area contributed by atoms with Crippen LogP contribution >= 0.6 is 11.6 Å². The molecule has 2 N–H and O–H groups in total. The van der Waals surface area contributed by atoms with Crippen LogP contribution in [-0.4, -0.2) is 43.7 Å². The predicted molar refractivity (Wildman–Crippen MR) is 123 cm³/mol. The maximum absolute atomic E-state index is 14.0. The number of nitrogens with one attached hydrogen (secondary N) is 2. The van der Waals surface area contributed by atoms with Gasteiger partial charge in [-0.15, -0.1) is 0 Å². The fraction of sp³-hybridized carbons (Fsp3) is 0.364. The van der Waals surface area contributed by atoms with Crippen molar-refractivity contribution in [3.63, 3.8) is 0 Å². The van der Waals surface area contributed by atoms with E-state index < -0.39 is 33.7 Å². The molecule has 2 rings (SSSR count). The molecule has 0 spiro atoms. The third-order valence-electron chi connectivity index (χ3n) is 4.86. The van der Waals surface area contributed by atoms with Gasteiger partial charge in [0.2, 0.25) is 15.9 Å². The molecule has 2 aromatic carbocycles. The van der Waals surface area contributed by atoms with Crippen molar-refractivity contribution in [1.29, 1.82) is 0 Å². The molecular formula is C22H27ClFN3O4S. The van der Waals surface area contributed by atoms with Crippen molar-refractivity contribution in [2.24, 2.45) is 5.92 Å². The Bertz CT molecular complexity index is 1090. The first kappa shape index (κ1) is 25.8. The van der Waals surface area contributed by atoms with Gasteiger partial charge >= 0.3 is 0 Å². The van der Waals surface area contributed by atoms with Crippen LogP contribution < -0.4 is 10.6 Å². The lowest BCUT2D eigenvalue weighted by Crippen LogP contribution is -2.47. The number of hydrogen-bond acceptors (Lipinski definition) is 4. The minimum absolute atomic E-state index is 0.0115. The van der Waals surface area contributed by atoms with Gasteiger partial charge in [-0.1, -0.05) is 45.4 Å². The molecule has 0 saturated carbocycles. The van der Waals surface area contributed by atoms with Crippen molar-refractivity contribution < 1.29 is 22.4 Å². The van der Waals surface area contributed by atoms with Crippen LogP contribution in [0.4, 0.5) is 10.1 Å². The molecule has 0 aliphatic carbocycles. The Hall–Kier alpha value is -2.49. The van der Waals surface area contributed by atoms with E-state index in [4.69, 9.17) is 11.6 Å². The van der Waals surface area contributed by atoms with Crippen LogP contribution in [0.5, 0.6) is 0 Å². The maximum Gasteiger partial charge on any atom is 0.251 e. The van der Waals surface area contributed by atoms with Crippen molar-refractivity contribution in [1.82, 2.24) is 9.62 Å². The number of halogens is 2. The molecule has 0 aliphatic rings. The molecule has 0 heterocycles. The Kier molecular flexibility index (Phi) is 8.77. The average Bonchev–Trinajstić information content (AvgIpc) is 2.74. The molecule has 2 amide bonds. The molecule has 0 unspecified atom stereocenters. The van der Waals surface area contributed by atoms with E-state index in [2.05, 4.69) is 10.6 Å². The van der Waals surface area contributed by atoms with Crippen molar-refractivity contribution >= 4 is 39.1 Å². The van der Waals surface area contributed by atoms with Crippen LogP contribution in [0.15, 0.2) is 47.4 Å². The van der Waals surface area contributed by atoms with Crippen LogP contribution in [-0.2, 0) is 14.8 Å². The SMILES string of the molecule is CCN(CC)S(=O)(=O)c1cccc(C(=O)N[C@H](C(=O)Nc2ccc(Cl)cc2F)C(C)C)c1. The molecule has 1 atom stereocenters. The summed E-state index contributed by atoms with van der Waals surface area (Å²) in [5.74, 6) is -2.25. The van der Waals surface area contributed by atoms with Crippen molar-refractivity contribution in [2.75, 3.05) is 18.4 Å². The molecule has 0 aliphatic heterocycles. The Morgan fingerprint density at radius 1 is 1.09 bits per heavy atom. The lowest BCUT2D eigenvalue weighted by Gasteiger charge is -2.22. The molecule has 0 radical (unpaired) electrons. The summed E-state index contributed by atoms with van der Waals surface area (Å²) in [6.07, 6.45) is 0. The zero-order valence-corrected chi connectivity index (χ0v) is 19.9. The highest BCUT2D eigenvalue weighted by molar-refractivity contribution is 7.89. The zero-order chi connectivity index (χ0) is 24.1. The summed E-state index contributed by atoms with van der Waals surface area (Å²) in [5.41, 5.74) is 0.0287. The zero-order valence-electron chi connectivity index (χ0n) is 18.4. The highest BCUT2D eigenvalue weighted by Crippen LogP contribution is 2.20. The van der Waals surface area contributed by atoms with E-state index in [9.17, 15) is 22.4 Å². The van der Waals surface area contributed by atoms with E-state index in [1.165, 1.54) is 40.7 Å². The second kappa shape index (κ2) is 10.9. The molecule has 0 fully saturated rings. The van der Waals surface area contributed by atoms with E-state index in [1.54, 1.807) is 27.7 Å². The molecule has 174 valence electrons. The van der Waals surface area contributed by atoms with Gasteiger partial charge in [-0.2, -0.15) is 4.31 Å². The first-order valence-electron chi connectivity index (χ1n) is 10.2. The summed E-state index contributed by atoms with van der Waals surface area (Å²) in [7, 11) is -3.75. The van der Waals surface area contributed by atoms with Gasteiger partial charge in [0.1, 0.15) is 11.9 Å². The summed E-state index contributed by atoms with van der Waals surface area (Å²) in [6, 6.07) is 8.48. The van der Waals surface area contributed by atoms with Gasteiger partial charge in [-0.05, 0) is 42.3 Å². The minimum atomic E-state index is -3.75. The second-order valence-corrected chi connectivity index (χ2v) is 9.80. The van der Waals surface area contributed by atoms with Gasteiger partial charge in [0.25, 0.3) is 5.91 Å². The topological polar surface area (TPSA) is 95.6 Å². The number of rotatable bonds is 9. The van der Waals surface area contributed by atoms with Crippen LogP contribution in [0.25, 0.3) is 0 Å². The average molecular weight is 484 g/mol. The summed E-state index contributed by atoms with van der Waals surface area (Å²) in [5, 5.41) is 5.25. The maximum atomic E-state index is 14.0. The quantitative estimate of drug-likeness (QED) is 0.565. The summed E-state index contributed by atoms with van der Waals surface area (Å²) in [6.45, 7) is 7.51. The fourth-order valence-corrected chi connectivity index (χ4v) is 4.73. The van der Waals surface area contributed by atoms with Crippen molar-refractivity contribution in [3.8, 4) is 0 Å². The Morgan fingerprint density at radius 2 is 1.75 bits per heavy atom. The largest absolute Gasteiger partial charge is 0.340 e. The van der Waals surface area contributed by atoms with Crippen LogP contribution in [0.2, 0.25) is 5.02 Å². The number of benzene rings is 2. The number of anilines is 1. The molecular weight excluding hydrogens is 457 g/mol. The lowest BCUT2D eigenvalue weighted by atomic mass is 10.0. The monoisotopic (exact) mass is 483 g/mol. The number of carbonyl (C=O) groups excluding carboxylic acids is 2. The normalized spacial score (nSPS) is 12.6. The first-order chi connectivity index (χ1) is 15.0. The van der Waals surface area contributed by atoms with Crippen LogP contribution in [0.1, 0.15) is 38.1 Å². The number of carbonyl (C=O) groups is 2. The van der Waals surface area contributed by atoms with Crippen LogP contribution in [0.3, 0.4) is 0 Å². The van der Waals surface area contributed by atoms with Crippen molar-refractivity contribution in [3.05, 3.63) is 58.9 Å². The molecule has 32 heavy (non-hydrogen) atoms. The Morgan fingerprint density at radius 3 is 2.31 bits per heavy atom. The number of amides is 2. The first-order valence-corrected chi connectivity index (χ1v) is 12.0. The van der Waals surface area contributed by atoms with Gasteiger partial charge in [-0.3, -0.25) is 9.59 Å². The molecule has 0 bridgehead atoms. The highest BCUT2D eigenvalue weighted by atomic mass is 35.5. The van der Waals surface area contributed by atoms with E-state index in [-0.39, 0.29) is 27.1 Å². The molecule has 0 aromatic heterocycles. The summed E-state index contributed by atoms with van der Waals surface area (Å²) < 4.78 is 40.8. The van der Waals surface area contributed by atoms with E-state index >= 15 is 0 Å². The second-order valence-electron chi connectivity index (χ2n) is 7.43. The number of hydrogen-bond donors (Lipinski definition) is 2. The summed E-state index contributed by atoms with van der Waals surface area (Å²) >= 11 is 5.73. The lowest BCUT2D eigenvalue weighted by molar-refractivity contribution is -0.118. The van der Waals surface area contributed by atoms with Crippen molar-refractivity contribution in [2.45, 2.75) is 38.6 Å². The van der Waals surface area contributed by atoms with E-state index in [1.807, 2.05) is 0 Å². The Balaban J connectivity index is 2.24. The standard InChI is InChI=1S/C22H27ClFN3O4S/c1-5-27(6-2)32(30,31)17-9-7-8-15(12-17)21(28)26-20(14(3)4)22(29)25-19-11-10-16(23)13-18(19)24/h7-14,20H,5-6H2,1-4H3,(H,25,29)(H,26,28)/t20-/m0/s1. The third kappa shape index (κ3) is 6.05. The van der Waals surface area contributed by atoms with E-state index in [0.29, 0.717) is 13.1 Å². The summed E-state index contributed by atoms with van der Waals surface area (Å²) in [4.78, 5) is 25.5. The third-order valence-corrected chi connectivity index (χ3v) is 7.15. The number of sulfonamides is 1. The van der Waals surface area contributed by atoms with Gasteiger partial charge in [0.05, 0.1) is 10.6 Å². The van der Waals surface area contributed by atoms with Gasteiger partial charge < -0.3 is 10.6 Å². The van der Waals surface area contributed by atoms with Gasteiger partial charge in [0.15, 0.2) is 0 Å². The van der Waals surface area contributed by atoms with E-state index in [0.717, 1.165) is 6.07 Å². The Labute approximate surface area is 193 Å². The van der Waals surface area contributed by atoms with Crippen LogP contribution in [0, 0.1) is 11.7 Å². The fourth-order valence-electron chi connectivity index (χ4n) is 3.07.